The molecule has 0 unspecified atom stereocenters. The molecule has 1 aliphatic heterocycles. The minimum absolute atomic E-state index is 0. The van der Waals surface area contributed by atoms with Gasteiger partial charge < -0.3 is 5.73 Å². The standard InChI is InChI=1S/C12H17N5O2S.ClH/c1-8-11-5-10(6-14-12(11)16(2)15-8)20(18,19)17-4-3-9(13)7-17;/h5-6,9H,3-4,7,13H2,1-2H3;1H/t9-;/m1./s1. The molecule has 7 nitrogen and oxygen atoms in total. The summed E-state index contributed by atoms with van der Waals surface area (Å²) in [5.41, 5.74) is 7.23. The smallest absolute Gasteiger partial charge is 0.244 e. The molecule has 1 aliphatic rings. The first-order valence-corrected chi connectivity index (χ1v) is 7.88. The highest BCUT2D eigenvalue weighted by Gasteiger charge is 2.31. The summed E-state index contributed by atoms with van der Waals surface area (Å²) >= 11 is 0. The fourth-order valence-electron chi connectivity index (χ4n) is 2.55. The lowest BCUT2D eigenvalue weighted by molar-refractivity contribution is 0.472. The first-order valence-electron chi connectivity index (χ1n) is 6.44. The fourth-order valence-corrected chi connectivity index (χ4v) is 4.04. The Bertz CT molecular complexity index is 773. The maximum Gasteiger partial charge on any atom is 0.244 e. The predicted molar refractivity (Wildman–Crippen MR) is 81.8 cm³/mol. The van der Waals surface area contributed by atoms with Gasteiger partial charge in [-0.2, -0.15) is 9.40 Å². The van der Waals surface area contributed by atoms with Crippen LogP contribution in [0.2, 0.25) is 0 Å². The molecule has 3 rings (SSSR count). The second-order valence-corrected chi connectivity index (χ2v) is 7.10. The van der Waals surface area contributed by atoms with Gasteiger partial charge in [-0.1, -0.05) is 0 Å². The average molecular weight is 332 g/mol. The molecule has 0 saturated carbocycles. The maximum atomic E-state index is 12.5. The van der Waals surface area contributed by atoms with E-state index in [0.29, 0.717) is 25.2 Å². The van der Waals surface area contributed by atoms with Crippen LogP contribution in [0.1, 0.15) is 12.1 Å². The number of hydrogen-bond acceptors (Lipinski definition) is 5. The van der Waals surface area contributed by atoms with Crippen LogP contribution in [0.3, 0.4) is 0 Å². The summed E-state index contributed by atoms with van der Waals surface area (Å²) in [4.78, 5) is 4.43. The van der Waals surface area contributed by atoms with Crippen molar-refractivity contribution in [3.8, 4) is 0 Å². The summed E-state index contributed by atoms with van der Waals surface area (Å²) in [5.74, 6) is 0. The summed E-state index contributed by atoms with van der Waals surface area (Å²) in [6.45, 7) is 2.67. The molecule has 116 valence electrons. The lowest BCUT2D eigenvalue weighted by atomic mass is 10.3. The van der Waals surface area contributed by atoms with Crippen LogP contribution in [0.15, 0.2) is 17.2 Å². The lowest BCUT2D eigenvalue weighted by Crippen LogP contribution is -2.32. The van der Waals surface area contributed by atoms with Gasteiger partial charge in [0, 0.05) is 37.8 Å². The molecule has 21 heavy (non-hydrogen) atoms. The number of halogens is 1. The van der Waals surface area contributed by atoms with Crippen molar-refractivity contribution in [1.29, 1.82) is 0 Å². The molecule has 9 heteroatoms. The Balaban J connectivity index is 0.00000161. The number of aromatic nitrogens is 3. The van der Waals surface area contributed by atoms with Crippen molar-refractivity contribution in [2.75, 3.05) is 13.1 Å². The normalized spacial score (nSPS) is 19.9. The summed E-state index contributed by atoms with van der Waals surface area (Å²) in [7, 11) is -1.73. The van der Waals surface area contributed by atoms with E-state index in [1.807, 2.05) is 6.92 Å². The molecule has 2 N–H and O–H groups in total. The third kappa shape index (κ3) is 2.64. The summed E-state index contributed by atoms with van der Waals surface area (Å²) < 4.78 is 28.2. The van der Waals surface area contributed by atoms with Crippen LogP contribution < -0.4 is 5.73 Å². The van der Waals surface area contributed by atoms with Crippen LogP contribution in [0, 0.1) is 6.92 Å². The Morgan fingerprint density at radius 2 is 2.14 bits per heavy atom. The molecular formula is C12H18ClN5O2S. The van der Waals surface area contributed by atoms with E-state index in [2.05, 4.69) is 10.1 Å². The average Bonchev–Trinajstić information content (AvgIpc) is 2.95. The van der Waals surface area contributed by atoms with E-state index in [0.717, 1.165) is 11.1 Å². The van der Waals surface area contributed by atoms with Gasteiger partial charge in [0.05, 0.1) is 5.69 Å². The molecule has 1 fully saturated rings. The van der Waals surface area contributed by atoms with E-state index in [4.69, 9.17) is 5.73 Å². The molecule has 0 spiro atoms. The van der Waals surface area contributed by atoms with Crippen molar-refractivity contribution >= 4 is 33.5 Å². The van der Waals surface area contributed by atoms with Crippen LogP contribution in [-0.2, 0) is 17.1 Å². The highest BCUT2D eigenvalue weighted by atomic mass is 35.5. The van der Waals surface area contributed by atoms with E-state index in [-0.39, 0.29) is 23.3 Å². The topological polar surface area (TPSA) is 94.1 Å². The monoisotopic (exact) mass is 331 g/mol. The highest BCUT2D eigenvalue weighted by molar-refractivity contribution is 7.89. The summed E-state index contributed by atoms with van der Waals surface area (Å²) in [6, 6.07) is 1.56. The molecule has 0 radical (unpaired) electrons. The predicted octanol–water partition coefficient (Wildman–Crippen LogP) is 0.420. The number of nitrogens with two attached hydrogens (primary N) is 1. The van der Waals surface area contributed by atoms with E-state index < -0.39 is 10.0 Å². The molecule has 3 heterocycles. The van der Waals surface area contributed by atoms with Crippen LogP contribution in [-0.4, -0.2) is 46.6 Å². The zero-order valence-electron chi connectivity index (χ0n) is 11.9. The Hall–Kier alpha value is -1.22. The van der Waals surface area contributed by atoms with Gasteiger partial charge in [0.1, 0.15) is 4.90 Å². The fraction of sp³-hybridized carbons (Fsp3) is 0.500. The Morgan fingerprint density at radius 3 is 2.76 bits per heavy atom. The number of aryl methyl sites for hydroxylation is 2. The van der Waals surface area contributed by atoms with Gasteiger partial charge in [0.2, 0.25) is 10.0 Å². The Kier molecular flexibility index (Phi) is 4.25. The van der Waals surface area contributed by atoms with Gasteiger partial charge in [0.15, 0.2) is 5.65 Å². The van der Waals surface area contributed by atoms with Gasteiger partial charge in [-0.05, 0) is 19.4 Å². The minimum Gasteiger partial charge on any atom is -0.326 e. The van der Waals surface area contributed by atoms with Crippen molar-refractivity contribution in [3.05, 3.63) is 18.0 Å². The molecule has 2 aromatic heterocycles. The molecule has 0 aromatic carbocycles. The lowest BCUT2D eigenvalue weighted by Gasteiger charge is -2.15. The number of sulfonamides is 1. The number of nitrogens with zero attached hydrogens (tertiary/aromatic N) is 4. The Morgan fingerprint density at radius 1 is 1.43 bits per heavy atom. The van der Waals surface area contributed by atoms with Crippen LogP contribution >= 0.6 is 12.4 Å². The van der Waals surface area contributed by atoms with Crippen LogP contribution in [0.5, 0.6) is 0 Å². The summed E-state index contributed by atoms with van der Waals surface area (Å²) in [6.07, 6.45) is 2.09. The van der Waals surface area contributed by atoms with E-state index in [9.17, 15) is 8.42 Å². The van der Waals surface area contributed by atoms with Crippen molar-refractivity contribution in [3.63, 3.8) is 0 Å². The Labute approximate surface area is 129 Å². The molecule has 0 bridgehead atoms. The number of fused-ring (bicyclic) bond motifs is 1. The first kappa shape index (κ1) is 16.2. The van der Waals surface area contributed by atoms with Gasteiger partial charge in [0.25, 0.3) is 0 Å². The molecule has 0 amide bonds. The quantitative estimate of drug-likeness (QED) is 0.860. The number of rotatable bonds is 2. The third-order valence-corrected chi connectivity index (χ3v) is 5.49. The SMILES string of the molecule is Cc1nn(C)c2ncc(S(=O)(=O)N3CC[C@@H](N)C3)cc12.Cl. The van der Waals surface area contributed by atoms with Gasteiger partial charge in [-0.3, -0.25) is 4.68 Å². The van der Waals surface area contributed by atoms with E-state index >= 15 is 0 Å². The van der Waals surface area contributed by atoms with Gasteiger partial charge in [-0.25, -0.2) is 13.4 Å². The zero-order chi connectivity index (χ0) is 14.5. The van der Waals surface area contributed by atoms with Gasteiger partial charge in [-0.15, -0.1) is 12.4 Å². The maximum absolute atomic E-state index is 12.5. The summed E-state index contributed by atoms with van der Waals surface area (Å²) in [5, 5.41) is 5.01. The third-order valence-electron chi connectivity index (χ3n) is 3.66. The van der Waals surface area contributed by atoms with Crippen molar-refractivity contribution in [2.45, 2.75) is 24.3 Å². The molecule has 1 atom stereocenters. The van der Waals surface area contributed by atoms with Gasteiger partial charge >= 0.3 is 0 Å². The van der Waals surface area contributed by atoms with Crippen LogP contribution in [0.4, 0.5) is 0 Å². The molecular weight excluding hydrogens is 314 g/mol. The zero-order valence-corrected chi connectivity index (χ0v) is 13.5. The number of hydrogen-bond donors (Lipinski definition) is 1. The number of pyridine rings is 1. The minimum atomic E-state index is -3.52. The van der Waals surface area contributed by atoms with E-state index in [1.165, 1.54) is 10.5 Å². The van der Waals surface area contributed by atoms with Crippen LogP contribution in [0.25, 0.3) is 11.0 Å². The highest BCUT2D eigenvalue weighted by Crippen LogP contribution is 2.24. The van der Waals surface area contributed by atoms with E-state index in [1.54, 1.807) is 17.8 Å². The molecule has 1 saturated heterocycles. The van der Waals surface area contributed by atoms with Crippen molar-refractivity contribution in [1.82, 2.24) is 19.1 Å². The second-order valence-electron chi connectivity index (χ2n) is 5.16. The largest absolute Gasteiger partial charge is 0.326 e. The first-order chi connectivity index (χ1) is 9.39. The van der Waals surface area contributed by atoms with Crippen molar-refractivity contribution in [2.24, 2.45) is 12.8 Å². The van der Waals surface area contributed by atoms with Crippen molar-refractivity contribution < 1.29 is 8.42 Å². The molecule has 2 aromatic rings. The molecule has 0 aliphatic carbocycles. The second kappa shape index (κ2) is 5.53.